The fraction of sp³-hybridized carbons (Fsp3) is 0.462. The zero-order chi connectivity index (χ0) is 15.6. The van der Waals surface area contributed by atoms with E-state index in [1.807, 2.05) is 6.92 Å². The highest BCUT2D eigenvalue weighted by Gasteiger charge is 2.27. The molecule has 0 radical (unpaired) electrons. The highest BCUT2D eigenvalue weighted by molar-refractivity contribution is 9.10. The summed E-state index contributed by atoms with van der Waals surface area (Å²) in [5, 5.41) is 8.98. The van der Waals surface area contributed by atoms with Gasteiger partial charge in [-0.25, -0.2) is 4.79 Å². The lowest BCUT2D eigenvalue weighted by atomic mass is 10.0. The number of benzene rings is 1. The van der Waals surface area contributed by atoms with Gasteiger partial charge in [0.2, 0.25) is 0 Å². The molecule has 1 saturated heterocycles. The van der Waals surface area contributed by atoms with E-state index in [0.717, 1.165) is 12.8 Å². The van der Waals surface area contributed by atoms with Crippen molar-refractivity contribution in [3.63, 3.8) is 0 Å². The average Bonchev–Trinajstić information content (AvgIpc) is 2.41. The van der Waals surface area contributed by atoms with Gasteiger partial charge in [-0.15, -0.1) is 0 Å². The molecule has 1 unspecified atom stereocenters. The van der Waals surface area contributed by atoms with Gasteiger partial charge < -0.3 is 5.11 Å². The molecular formula is C13H17BrN2O4S. The Labute approximate surface area is 132 Å². The monoisotopic (exact) mass is 376 g/mol. The fourth-order valence-electron chi connectivity index (χ4n) is 2.30. The third kappa shape index (κ3) is 3.96. The number of hydrogen-bond acceptors (Lipinski definition) is 3. The summed E-state index contributed by atoms with van der Waals surface area (Å²) in [7, 11) is -3.67. The van der Waals surface area contributed by atoms with Crippen LogP contribution in [0, 0.1) is 5.92 Å². The molecular weight excluding hydrogens is 360 g/mol. The van der Waals surface area contributed by atoms with Crippen molar-refractivity contribution in [3.05, 3.63) is 28.2 Å². The number of carbonyl (C=O) groups is 1. The summed E-state index contributed by atoms with van der Waals surface area (Å²) in [6.45, 7) is 2.98. The van der Waals surface area contributed by atoms with Crippen molar-refractivity contribution in [2.24, 2.45) is 5.92 Å². The number of carboxylic acid groups (broad SMARTS) is 1. The minimum atomic E-state index is -3.67. The van der Waals surface area contributed by atoms with E-state index < -0.39 is 16.2 Å². The predicted octanol–water partition coefficient (Wildman–Crippen LogP) is 2.54. The number of carboxylic acids is 1. The molecule has 8 heteroatoms. The molecule has 1 fully saturated rings. The Morgan fingerprint density at radius 1 is 1.48 bits per heavy atom. The van der Waals surface area contributed by atoms with Crippen molar-refractivity contribution in [2.75, 3.05) is 17.8 Å². The van der Waals surface area contributed by atoms with Gasteiger partial charge in [-0.05, 0) is 52.9 Å². The van der Waals surface area contributed by atoms with Crippen molar-refractivity contribution < 1.29 is 18.3 Å². The largest absolute Gasteiger partial charge is 0.478 e. The third-order valence-corrected chi connectivity index (χ3v) is 5.59. The first-order valence-electron chi connectivity index (χ1n) is 6.60. The number of aromatic carboxylic acids is 1. The van der Waals surface area contributed by atoms with Gasteiger partial charge in [-0.3, -0.25) is 4.72 Å². The summed E-state index contributed by atoms with van der Waals surface area (Å²) in [6.07, 6.45) is 1.85. The van der Waals surface area contributed by atoms with Crippen LogP contribution in [0.4, 0.5) is 5.69 Å². The Morgan fingerprint density at radius 2 is 2.19 bits per heavy atom. The molecule has 0 aliphatic carbocycles. The second-order valence-electron chi connectivity index (χ2n) is 5.21. The zero-order valence-electron chi connectivity index (χ0n) is 11.5. The Kier molecular flexibility index (Phi) is 4.90. The quantitative estimate of drug-likeness (QED) is 0.844. The molecule has 0 bridgehead atoms. The molecule has 1 atom stereocenters. The van der Waals surface area contributed by atoms with Crippen LogP contribution in [0.3, 0.4) is 0 Å². The van der Waals surface area contributed by atoms with Gasteiger partial charge in [0.15, 0.2) is 0 Å². The highest BCUT2D eigenvalue weighted by atomic mass is 79.9. The smallest absolute Gasteiger partial charge is 0.335 e. The van der Waals surface area contributed by atoms with Gasteiger partial charge in [0.05, 0.1) is 11.3 Å². The molecule has 0 amide bonds. The molecule has 116 valence electrons. The van der Waals surface area contributed by atoms with Gasteiger partial charge in [0, 0.05) is 17.6 Å². The van der Waals surface area contributed by atoms with E-state index in [4.69, 9.17) is 5.11 Å². The van der Waals surface area contributed by atoms with Crippen molar-refractivity contribution in [1.82, 2.24) is 4.31 Å². The molecule has 1 aromatic carbocycles. The maximum absolute atomic E-state index is 12.4. The topological polar surface area (TPSA) is 86.7 Å². The predicted molar refractivity (Wildman–Crippen MR) is 83.6 cm³/mol. The molecule has 1 aliphatic heterocycles. The average molecular weight is 377 g/mol. The van der Waals surface area contributed by atoms with Crippen molar-refractivity contribution in [3.8, 4) is 0 Å². The Morgan fingerprint density at radius 3 is 2.81 bits per heavy atom. The van der Waals surface area contributed by atoms with Gasteiger partial charge in [-0.1, -0.05) is 6.92 Å². The van der Waals surface area contributed by atoms with E-state index >= 15 is 0 Å². The molecule has 21 heavy (non-hydrogen) atoms. The van der Waals surface area contributed by atoms with E-state index in [-0.39, 0.29) is 11.3 Å². The Bertz CT molecular complexity index is 648. The zero-order valence-corrected chi connectivity index (χ0v) is 13.9. The van der Waals surface area contributed by atoms with E-state index in [2.05, 4.69) is 20.7 Å². The van der Waals surface area contributed by atoms with Gasteiger partial charge in [-0.2, -0.15) is 12.7 Å². The number of nitrogens with zero attached hydrogens (tertiary/aromatic N) is 1. The second kappa shape index (κ2) is 6.33. The van der Waals surface area contributed by atoms with Gasteiger partial charge in [0.25, 0.3) is 0 Å². The van der Waals surface area contributed by atoms with Crippen LogP contribution in [0.25, 0.3) is 0 Å². The second-order valence-corrected chi connectivity index (χ2v) is 7.74. The summed E-state index contributed by atoms with van der Waals surface area (Å²) in [6, 6.07) is 4.23. The van der Waals surface area contributed by atoms with Crippen LogP contribution in [-0.2, 0) is 10.2 Å². The van der Waals surface area contributed by atoms with Crippen LogP contribution in [-0.4, -0.2) is 36.9 Å². The van der Waals surface area contributed by atoms with Crippen LogP contribution in [0.15, 0.2) is 22.7 Å². The normalized spacial score (nSPS) is 20.2. The summed E-state index contributed by atoms with van der Waals surface area (Å²) >= 11 is 3.23. The molecule has 6 nitrogen and oxygen atoms in total. The van der Waals surface area contributed by atoms with Crippen LogP contribution >= 0.6 is 15.9 Å². The van der Waals surface area contributed by atoms with E-state index in [1.165, 1.54) is 22.5 Å². The molecule has 0 spiro atoms. The van der Waals surface area contributed by atoms with E-state index in [1.54, 1.807) is 0 Å². The maximum Gasteiger partial charge on any atom is 0.335 e. The standard InChI is InChI=1S/C13H17BrN2O4S/c1-9-3-2-6-16(8-9)21(19,20)15-12-7-10(13(17)18)4-5-11(12)14/h4-5,7,9,15H,2-3,6,8H2,1H3,(H,17,18). The van der Waals surface area contributed by atoms with Gasteiger partial charge in [0.1, 0.15) is 0 Å². The minimum Gasteiger partial charge on any atom is -0.478 e. The molecule has 0 saturated carbocycles. The third-order valence-electron chi connectivity index (χ3n) is 3.41. The number of nitrogens with one attached hydrogen (secondary N) is 1. The number of rotatable bonds is 4. The summed E-state index contributed by atoms with van der Waals surface area (Å²) < 4.78 is 29.1. The first kappa shape index (κ1) is 16.3. The van der Waals surface area contributed by atoms with Crippen molar-refractivity contribution in [1.29, 1.82) is 0 Å². The van der Waals surface area contributed by atoms with Crippen LogP contribution in [0.5, 0.6) is 0 Å². The lowest BCUT2D eigenvalue weighted by molar-refractivity contribution is 0.0697. The van der Waals surface area contributed by atoms with E-state index in [0.29, 0.717) is 23.5 Å². The minimum absolute atomic E-state index is 0.0305. The molecule has 1 heterocycles. The fourth-order valence-corrected chi connectivity index (χ4v) is 4.18. The summed E-state index contributed by atoms with van der Waals surface area (Å²) in [5.74, 6) is -0.779. The van der Waals surface area contributed by atoms with E-state index in [9.17, 15) is 13.2 Å². The Balaban J connectivity index is 2.23. The number of hydrogen-bond donors (Lipinski definition) is 2. The Hall–Kier alpha value is -1.12. The molecule has 1 aliphatic rings. The maximum atomic E-state index is 12.4. The van der Waals surface area contributed by atoms with Gasteiger partial charge >= 0.3 is 16.2 Å². The molecule has 2 N–H and O–H groups in total. The first-order chi connectivity index (χ1) is 9.79. The lowest BCUT2D eigenvalue weighted by Crippen LogP contribution is -2.42. The van der Waals surface area contributed by atoms with Crippen LogP contribution < -0.4 is 4.72 Å². The van der Waals surface area contributed by atoms with Crippen LogP contribution in [0.1, 0.15) is 30.1 Å². The lowest BCUT2D eigenvalue weighted by Gasteiger charge is -2.30. The molecule has 0 aromatic heterocycles. The SMILES string of the molecule is CC1CCCN(S(=O)(=O)Nc2cc(C(=O)O)ccc2Br)C1. The van der Waals surface area contributed by atoms with Crippen LogP contribution in [0.2, 0.25) is 0 Å². The summed E-state index contributed by atoms with van der Waals surface area (Å²) in [5.41, 5.74) is 0.260. The van der Waals surface area contributed by atoms with Crippen molar-refractivity contribution in [2.45, 2.75) is 19.8 Å². The first-order valence-corrected chi connectivity index (χ1v) is 8.83. The highest BCUT2D eigenvalue weighted by Crippen LogP contribution is 2.26. The number of piperidine rings is 1. The van der Waals surface area contributed by atoms with Crippen molar-refractivity contribution >= 4 is 37.8 Å². The summed E-state index contributed by atoms with van der Waals surface area (Å²) in [4.78, 5) is 11.0. The number of anilines is 1. The number of halogens is 1. The molecule has 1 aromatic rings. The molecule has 2 rings (SSSR count).